The number of hydrogen-bond acceptors (Lipinski definition) is 3. The van der Waals surface area contributed by atoms with Gasteiger partial charge in [-0.2, -0.15) is 0 Å². The number of H-pyrrole nitrogens is 1. The zero-order valence-corrected chi connectivity index (χ0v) is 14.5. The Kier molecular flexibility index (Phi) is 4.90. The van der Waals surface area contributed by atoms with Crippen LogP contribution in [0.3, 0.4) is 0 Å². The summed E-state index contributed by atoms with van der Waals surface area (Å²) in [7, 11) is 0. The van der Waals surface area contributed by atoms with E-state index in [9.17, 15) is 14.7 Å². The minimum Gasteiger partial charge on any atom is -0.477 e. The van der Waals surface area contributed by atoms with Crippen molar-refractivity contribution in [3.05, 3.63) is 58.4 Å². The van der Waals surface area contributed by atoms with Crippen LogP contribution in [-0.4, -0.2) is 46.0 Å². The zero-order chi connectivity index (χ0) is 18.0. The van der Waals surface area contributed by atoms with Gasteiger partial charge in [-0.05, 0) is 31.4 Å². The molecule has 6 heteroatoms. The van der Waals surface area contributed by atoms with E-state index in [4.69, 9.17) is 0 Å². The Bertz CT molecular complexity index is 783. The van der Waals surface area contributed by atoms with Crippen molar-refractivity contribution in [1.82, 2.24) is 15.2 Å². The summed E-state index contributed by atoms with van der Waals surface area (Å²) < 4.78 is 0. The number of aryl methyl sites for hydroxylation is 1. The fraction of sp³-hybridized carbons (Fsp3) is 0.368. The third-order valence-electron chi connectivity index (χ3n) is 4.74. The van der Waals surface area contributed by atoms with Crippen LogP contribution in [0.15, 0.2) is 30.3 Å². The Hall–Kier alpha value is -2.60. The second-order valence-electron chi connectivity index (χ2n) is 6.61. The maximum Gasteiger partial charge on any atom is 0.352 e. The molecule has 0 saturated carbocycles. The third-order valence-corrected chi connectivity index (χ3v) is 4.74. The molecule has 0 bridgehead atoms. The first kappa shape index (κ1) is 17.2. The molecule has 25 heavy (non-hydrogen) atoms. The van der Waals surface area contributed by atoms with Crippen LogP contribution in [0.4, 0.5) is 0 Å². The smallest absolute Gasteiger partial charge is 0.352 e. The number of nitrogens with zero attached hydrogens (tertiary/aromatic N) is 1. The second kappa shape index (κ2) is 7.11. The van der Waals surface area contributed by atoms with Gasteiger partial charge >= 0.3 is 5.97 Å². The van der Waals surface area contributed by atoms with Gasteiger partial charge in [0.15, 0.2) is 0 Å². The number of aromatic nitrogens is 1. The molecule has 1 aliphatic rings. The van der Waals surface area contributed by atoms with Crippen molar-refractivity contribution in [2.45, 2.75) is 32.9 Å². The molecule has 2 aromatic rings. The number of benzene rings is 1. The van der Waals surface area contributed by atoms with E-state index in [-0.39, 0.29) is 17.6 Å². The predicted molar refractivity (Wildman–Crippen MR) is 94.8 cm³/mol. The molecule has 1 aromatic carbocycles. The van der Waals surface area contributed by atoms with E-state index < -0.39 is 5.97 Å². The number of carboxylic acid groups (broad SMARTS) is 1. The van der Waals surface area contributed by atoms with Gasteiger partial charge in [0.2, 0.25) is 0 Å². The molecule has 3 N–H and O–H groups in total. The second-order valence-corrected chi connectivity index (χ2v) is 6.61. The molecule has 6 nitrogen and oxygen atoms in total. The average Bonchev–Trinajstić information content (AvgIpc) is 3.12. The van der Waals surface area contributed by atoms with Gasteiger partial charge in [-0.3, -0.25) is 9.69 Å². The average molecular weight is 341 g/mol. The summed E-state index contributed by atoms with van der Waals surface area (Å²) in [5.41, 5.74) is 2.87. The van der Waals surface area contributed by atoms with Crippen molar-refractivity contribution in [3.63, 3.8) is 0 Å². The number of aromatic amines is 1. The van der Waals surface area contributed by atoms with E-state index in [1.165, 1.54) is 5.56 Å². The van der Waals surface area contributed by atoms with Crippen molar-refractivity contribution in [2.24, 2.45) is 0 Å². The largest absolute Gasteiger partial charge is 0.477 e. The van der Waals surface area contributed by atoms with Crippen molar-refractivity contribution in [1.29, 1.82) is 0 Å². The maximum atomic E-state index is 12.6. The highest BCUT2D eigenvalue weighted by Gasteiger charge is 2.27. The highest BCUT2D eigenvalue weighted by Crippen LogP contribution is 2.19. The standard InChI is InChI=1S/C19H23N3O3/c1-12-16(13(2)20-17(12)19(24)25)18(23)21-15-8-9-22(11-15)10-14-6-4-3-5-7-14/h3-7,15,20H,8-11H2,1-2H3,(H,21,23)(H,24,25)/t15-/m0/s1. The van der Waals surface area contributed by atoms with Gasteiger partial charge < -0.3 is 15.4 Å². The Morgan fingerprint density at radius 2 is 2.00 bits per heavy atom. The monoisotopic (exact) mass is 341 g/mol. The van der Waals surface area contributed by atoms with Crippen LogP contribution < -0.4 is 5.32 Å². The Morgan fingerprint density at radius 1 is 1.28 bits per heavy atom. The molecule has 1 aromatic heterocycles. The van der Waals surface area contributed by atoms with E-state index in [1.807, 2.05) is 18.2 Å². The lowest BCUT2D eigenvalue weighted by molar-refractivity contribution is 0.0690. The van der Waals surface area contributed by atoms with Crippen LogP contribution in [0.25, 0.3) is 0 Å². The summed E-state index contributed by atoms with van der Waals surface area (Å²) in [6.45, 7) is 6.00. The molecule has 0 unspecified atom stereocenters. The number of carboxylic acids is 1. The molecule has 2 heterocycles. The number of likely N-dealkylation sites (tertiary alicyclic amines) is 1. The summed E-state index contributed by atoms with van der Waals surface area (Å²) in [5, 5.41) is 12.2. The first-order chi connectivity index (χ1) is 12.0. The molecule has 1 aliphatic heterocycles. The molecule has 1 saturated heterocycles. The number of aromatic carboxylic acids is 1. The lowest BCUT2D eigenvalue weighted by atomic mass is 10.1. The predicted octanol–water partition coefficient (Wildman–Crippen LogP) is 2.33. The van der Waals surface area contributed by atoms with E-state index >= 15 is 0 Å². The highest BCUT2D eigenvalue weighted by atomic mass is 16.4. The molecule has 1 atom stereocenters. The molecule has 0 aliphatic carbocycles. The maximum absolute atomic E-state index is 12.6. The molecule has 0 spiro atoms. The van der Waals surface area contributed by atoms with Gasteiger partial charge in [-0.15, -0.1) is 0 Å². The molecular weight excluding hydrogens is 318 g/mol. The quantitative estimate of drug-likeness (QED) is 0.779. The van der Waals surface area contributed by atoms with Gasteiger partial charge in [0.25, 0.3) is 5.91 Å². The summed E-state index contributed by atoms with van der Waals surface area (Å²) in [4.78, 5) is 28.9. The molecule has 132 valence electrons. The molecule has 1 fully saturated rings. The van der Waals surface area contributed by atoms with E-state index in [0.717, 1.165) is 26.1 Å². The van der Waals surface area contributed by atoms with Crippen LogP contribution in [-0.2, 0) is 6.54 Å². The number of hydrogen-bond donors (Lipinski definition) is 3. The first-order valence-corrected chi connectivity index (χ1v) is 8.45. The van der Waals surface area contributed by atoms with E-state index in [2.05, 4.69) is 27.3 Å². The highest BCUT2D eigenvalue weighted by molar-refractivity contribution is 6.00. The van der Waals surface area contributed by atoms with Gasteiger partial charge in [0.1, 0.15) is 5.69 Å². The summed E-state index contributed by atoms with van der Waals surface area (Å²) in [6, 6.07) is 10.4. The lowest BCUT2D eigenvalue weighted by Crippen LogP contribution is -2.37. The van der Waals surface area contributed by atoms with Crippen molar-refractivity contribution < 1.29 is 14.7 Å². The van der Waals surface area contributed by atoms with E-state index in [1.54, 1.807) is 13.8 Å². The van der Waals surface area contributed by atoms with Crippen LogP contribution in [0.1, 0.15) is 44.1 Å². The number of amides is 1. The number of rotatable bonds is 5. The summed E-state index contributed by atoms with van der Waals surface area (Å²) in [6.07, 6.45) is 0.896. The summed E-state index contributed by atoms with van der Waals surface area (Å²) in [5.74, 6) is -1.25. The Morgan fingerprint density at radius 3 is 2.64 bits per heavy atom. The van der Waals surface area contributed by atoms with Crippen molar-refractivity contribution >= 4 is 11.9 Å². The van der Waals surface area contributed by atoms with Gasteiger partial charge in [0, 0.05) is 31.4 Å². The van der Waals surface area contributed by atoms with Crippen LogP contribution in [0.2, 0.25) is 0 Å². The van der Waals surface area contributed by atoms with Gasteiger partial charge in [-0.25, -0.2) is 4.79 Å². The molecule has 1 amide bonds. The van der Waals surface area contributed by atoms with Crippen molar-refractivity contribution in [3.8, 4) is 0 Å². The number of nitrogens with one attached hydrogen (secondary N) is 2. The SMILES string of the molecule is Cc1[nH]c(C(=O)O)c(C)c1C(=O)N[C@H]1CCN(Cc2ccccc2)C1. The first-order valence-electron chi connectivity index (χ1n) is 8.45. The number of carbonyl (C=O) groups excluding carboxylic acids is 1. The fourth-order valence-corrected chi connectivity index (χ4v) is 3.50. The summed E-state index contributed by atoms with van der Waals surface area (Å²) >= 11 is 0. The molecule has 3 rings (SSSR count). The minimum atomic E-state index is -1.05. The molecular formula is C19H23N3O3. The Balaban J connectivity index is 1.62. The minimum absolute atomic E-state index is 0.0817. The normalized spacial score (nSPS) is 17.6. The third kappa shape index (κ3) is 3.74. The van der Waals surface area contributed by atoms with Gasteiger partial charge in [0.05, 0.1) is 5.56 Å². The van der Waals surface area contributed by atoms with Crippen molar-refractivity contribution in [2.75, 3.05) is 13.1 Å². The lowest BCUT2D eigenvalue weighted by Gasteiger charge is -2.17. The van der Waals surface area contributed by atoms with Crippen LogP contribution in [0, 0.1) is 13.8 Å². The molecule has 0 radical (unpaired) electrons. The number of carbonyl (C=O) groups is 2. The van der Waals surface area contributed by atoms with E-state index in [0.29, 0.717) is 16.8 Å². The van der Waals surface area contributed by atoms with Gasteiger partial charge in [-0.1, -0.05) is 30.3 Å². The topological polar surface area (TPSA) is 85.4 Å². The zero-order valence-electron chi connectivity index (χ0n) is 14.5. The Labute approximate surface area is 146 Å². The fourth-order valence-electron chi connectivity index (χ4n) is 3.50. The van der Waals surface area contributed by atoms with Crippen LogP contribution >= 0.6 is 0 Å². The van der Waals surface area contributed by atoms with Crippen LogP contribution in [0.5, 0.6) is 0 Å².